The second kappa shape index (κ2) is 5.51. The Labute approximate surface area is 111 Å². The Bertz CT molecular complexity index is 554. The Kier molecular flexibility index (Phi) is 4.00. The largest absolute Gasteiger partial charge is 0.324 e. The zero-order chi connectivity index (χ0) is 13.1. The van der Waals surface area contributed by atoms with Crippen LogP contribution >= 0.6 is 11.6 Å². The van der Waals surface area contributed by atoms with Gasteiger partial charge in [-0.3, -0.25) is 0 Å². The van der Waals surface area contributed by atoms with Crippen molar-refractivity contribution in [2.45, 2.75) is 19.4 Å². The molecule has 0 heterocycles. The molecule has 2 aromatic rings. The molecule has 1 unspecified atom stereocenters. The summed E-state index contributed by atoms with van der Waals surface area (Å²) >= 11 is 6.04. The van der Waals surface area contributed by atoms with Crippen molar-refractivity contribution in [3.63, 3.8) is 0 Å². The molecule has 1 nitrogen and oxygen atoms in total. The average molecular weight is 264 g/mol. The minimum absolute atomic E-state index is 0.296. The maximum Gasteiger partial charge on any atom is 0.123 e. The number of aryl methyl sites for hydroxylation is 1. The molecule has 0 bridgehead atoms. The van der Waals surface area contributed by atoms with Gasteiger partial charge >= 0.3 is 0 Å². The Balaban J connectivity index is 2.21. The normalized spacial score (nSPS) is 12.4. The van der Waals surface area contributed by atoms with E-state index in [2.05, 4.69) is 6.07 Å². The van der Waals surface area contributed by atoms with Crippen molar-refractivity contribution in [3.8, 4) is 0 Å². The third-order valence-corrected chi connectivity index (χ3v) is 3.24. The highest BCUT2D eigenvalue weighted by molar-refractivity contribution is 6.31. The Morgan fingerprint density at radius 1 is 1.22 bits per heavy atom. The molecule has 0 saturated carbocycles. The van der Waals surface area contributed by atoms with Crippen molar-refractivity contribution in [1.29, 1.82) is 0 Å². The first-order valence-electron chi connectivity index (χ1n) is 5.82. The summed E-state index contributed by atoms with van der Waals surface area (Å²) in [4.78, 5) is 0. The van der Waals surface area contributed by atoms with Crippen LogP contribution in [0.25, 0.3) is 0 Å². The lowest BCUT2D eigenvalue weighted by Gasteiger charge is -2.14. The molecule has 94 valence electrons. The molecule has 2 rings (SSSR count). The van der Waals surface area contributed by atoms with Crippen LogP contribution in [0.1, 0.15) is 22.7 Å². The van der Waals surface area contributed by atoms with Crippen LogP contribution in [0.4, 0.5) is 4.39 Å². The van der Waals surface area contributed by atoms with Gasteiger partial charge in [-0.1, -0.05) is 41.4 Å². The van der Waals surface area contributed by atoms with Gasteiger partial charge in [0.2, 0.25) is 0 Å². The lowest BCUT2D eigenvalue weighted by atomic mass is 9.98. The average Bonchev–Trinajstić information content (AvgIpc) is 2.32. The number of halogens is 2. The van der Waals surface area contributed by atoms with Gasteiger partial charge in [-0.15, -0.1) is 0 Å². The van der Waals surface area contributed by atoms with Gasteiger partial charge in [0.05, 0.1) is 0 Å². The number of benzene rings is 2. The van der Waals surface area contributed by atoms with E-state index >= 15 is 0 Å². The first-order valence-corrected chi connectivity index (χ1v) is 6.20. The summed E-state index contributed by atoms with van der Waals surface area (Å²) in [5.41, 5.74) is 9.06. The summed E-state index contributed by atoms with van der Waals surface area (Å²) < 4.78 is 13.2. The molecule has 0 aromatic heterocycles. The third kappa shape index (κ3) is 3.09. The van der Waals surface area contributed by atoms with Crippen molar-refractivity contribution in [2.75, 3.05) is 0 Å². The topological polar surface area (TPSA) is 26.0 Å². The predicted octanol–water partition coefficient (Wildman–Crippen LogP) is 4.03. The van der Waals surface area contributed by atoms with Gasteiger partial charge in [-0.2, -0.15) is 0 Å². The Hall–Kier alpha value is -1.38. The molecule has 0 aliphatic rings. The van der Waals surface area contributed by atoms with E-state index in [1.54, 1.807) is 6.07 Å². The minimum atomic E-state index is -0.311. The standard InChI is InChI=1S/C15H15ClFN/c1-10-3-2-4-11(7-10)8-15(18)13-9-12(17)5-6-14(13)16/h2-7,9,15H,8,18H2,1H3. The van der Waals surface area contributed by atoms with Crippen LogP contribution in [0.5, 0.6) is 0 Å². The van der Waals surface area contributed by atoms with Gasteiger partial charge in [0, 0.05) is 11.1 Å². The number of nitrogens with two attached hydrogens (primary N) is 1. The van der Waals surface area contributed by atoms with Gasteiger partial charge in [0.25, 0.3) is 0 Å². The fourth-order valence-corrected chi connectivity index (χ4v) is 2.26. The van der Waals surface area contributed by atoms with Crippen molar-refractivity contribution >= 4 is 11.6 Å². The molecule has 1 atom stereocenters. The molecule has 0 amide bonds. The van der Waals surface area contributed by atoms with Crippen molar-refractivity contribution in [3.05, 3.63) is 70.0 Å². The van der Waals surface area contributed by atoms with Crippen LogP contribution in [-0.4, -0.2) is 0 Å². The lowest BCUT2D eigenvalue weighted by Crippen LogP contribution is -2.14. The summed E-state index contributed by atoms with van der Waals surface area (Å²) in [6.07, 6.45) is 0.644. The van der Waals surface area contributed by atoms with E-state index in [4.69, 9.17) is 17.3 Å². The summed E-state index contributed by atoms with van der Waals surface area (Å²) in [6.45, 7) is 2.03. The first-order chi connectivity index (χ1) is 8.56. The highest BCUT2D eigenvalue weighted by Gasteiger charge is 2.12. The third-order valence-electron chi connectivity index (χ3n) is 2.90. The van der Waals surface area contributed by atoms with E-state index in [0.29, 0.717) is 17.0 Å². The number of hydrogen-bond acceptors (Lipinski definition) is 1. The molecule has 0 aliphatic carbocycles. The summed E-state index contributed by atoms with van der Waals surface area (Å²) in [5, 5.41) is 0.511. The maximum atomic E-state index is 13.2. The fourth-order valence-electron chi connectivity index (χ4n) is 2.00. The Morgan fingerprint density at radius 3 is 2.72 bits per heavy atom. The van der Waals surface area contributed by atoms with Gasteiger partial charge in [0.1, 0.15) is 5.82 Å². The van der Waals surface area contributed by atoms with E-state index in [0.717, 1.165) is 5.56 Å². The summed E-state index contributed by atoms with van der Waals surface area (Å²) in [5.74, 6) is -0.311. The molecule has 0 radical (unpaired) electrons. The first kappa shape index (κ1) is 13.1. The zero-order valence-electron chi connectivity index (χ0n) is 10.2. The van der Waals surface area contributed by atoms with E-state index in [-0.39, 0.29) is 11.9 Å². The molecule has 2 aromatic carbocycles. The SMILES string of the molecule is Cc1cccc(CC(N)c2cc(F)ccc2Cl)c1. The summed E-state index contributed by atoms with van der Waals surface area (Å²) in [6, 6.07) is 12.1. The molecular formula is C15H15ClFN. The molecule has 18 heavy (non-hydrogen) atoms. The van der Waals surface area contributed by atoms with Crippen LogP contribution < -0.4 is 5.73 Å². The van der Waals surface area contributed by atoms with Crippen molar-refractivity contribution in [2.24, 2.45) is 5.73 Å². The zero-order valence-corrected chi connectivity index (χ0v) is 10.9. The van der Waals surface area contributed by atoms with E-state index in [9.17, 15) is 4.39 Å². The smallest absolute Gasteiger partial charge is 0.123 e. The van der Waals surface area contributed by atoms with Gasteiger partial charge in [-0.05, 0) is 42.7 Å². The van der Waals surface area contributed by atoms with Crippen LogP contribution in [0.15, 0.2) is 42.5 Å². The second-order valence-electron chi connectivity index (χ2n) is 4.47. The van der Waals surface area contributed by atoms with Gasteiger partial charge < -0.3 is 5.73 Å². The molecule has 0 fully saturated rings. The molecule has 0 spiro atoms. The molecule has 0 aliphatic heterocycles. The number of hydrogen-bond donors (Lipinski definition) is 1. The number of rotatable bonds is 3. The maximum absolute atomic E-state index is 13.2. The Morgan fingerprint density at radius 2 is 2.00 bits per heavy atom. The fraction of sp³-hybridized carbons (Fsp3) is 0.200. The minimum Gasteiger partial charge on any atom is -0.324 e. The van der Waals surface area contributed by atoms with Crippen LogP contribution in [-0.2, 0) is 6.42 Å². The van der Waals surface area contributed by atoms with Crippen molar-refractivity contribution < 1.29 is 4.39 Å². The summed E-state index contributed by atoms with van der Waals surface area (Å²) in [7, 11) is 0. The van der Waals surface area contributed by atoms with E-state index < -0.39 is 0 Å². The quantitative estimate of drug-likeness (QED) is 0.889. The predicted molar refractivity (Wildman–Crippen MR) is 73.2 cm³/mol. The second-order valence-corrected chi connectivity index (χ2v) is 4.87. The lowest BCUT2D eigenvalue weighted by molar-refractivity contribution is 0.618. The van der Waals surface area contributed by atoms with Gasteiger partial charge in [0.15, 0.2) is 0 Å². The van der Waals surface area contributed by atoms with E-state index in [1.807, 2.05) is 25.1 Å². The van der Waals surface area contributed by atoms with Crippen LogP contribution in [0.2, 0.25) is 5.02 Å². The highest BCUT2D eigenvalue weighted by Crippen LogP contribution is 2.25. The van der Waals surface area contributed by atoms with Crippen LogP contribution in [0.3, 0.4) is 0 Å². The van der Waals surface area contributed by atoms with E-state index in [1.165, 1.54) is 17.7 Å². The monoisotopic (exact) mass is 263 g/mol. The molecule has 2 N–H and O–H groups in total. The van der Waals surface area contributed by atoms with Crippen molar-refractivity contribution in [1.82, 2.24) is 0 Å². The highest BCUT2D eigenvalue weighted by atomic mass is 35.5. The molecular weight excluding hydrogens is 249 g/mol. The molecule has 3 heteroatoms. The van der Waals surface area contributed by atoms with Crippen LogP contribution in [0, 0.1) is 12.7 Å². The molecule has 0 saturated heterocycles. The van der Waals surface area contributed by atoms with Gasteiger partial charge in [-0.25, -0.2) is 4.39 Å².